The Hall–Kier alpha value is -1.17. The highest BCUT2D eigenvalue weighted by Gasteiger charge is 2.44. The van der Waals surface area contributed by atoms with Gasteiger partial charge in [0.15, 0.2) is 8.32 Å². The number of halogens is 1. The monoisotopic (exact) mass is 508 g/mol. The van der Waals surface area contributed by atoms with Crippen LogP contribution in [0.5, 0.6) is 0 Å². The first-order valence-electron chi connectivity index (χ1n) is 11.4. The molecule has 174 valence electrons. The first kappa shape index (κ1) is 27.9. The Kier molecular flexibility index (Phi) is 12.0. The predicted octanol–water partition coefficient (Wildman–Crippen LogP) is 8.27. The Bertz CT molecular complexity index is 717. The molecule has 0 saturated carbocycles. The van der Waals surface area contributed by atoms with Gasteiger partial charge >= 0.3 is 5.97 Å². The third-order valence-corrected chi connectivity index (χ3v) is 13.2. The number of hydrogen-bond acceptors (Lipinski definition) is 3. The molecule has 0 aliphatic rings. The van der Waals surface area contributed by atoms with Gasteiger partial charge < -0.3 is 9.16 Å². The fourth-order valence-electron chi connectivity index (χ4n) is 4.73. The van der Waals surface area contributed by atoms with Gasteiger partial charge in [-0.1, -0.05) is 94.4 Å². The fourth-order valence-corrected chi connectivity index (χ4v) is 10.9. The lowest BCUT2D eigenvalue weighted by atomic mass is 9.99. The van der Waals surface area contributed by atoms with Crippen LogP contribution in [0.2, 0.25) is 16.6 Å². The van der Waals surface area contributed by atoms with Crippen LogP contribution >= 0.6 is 15.9 Å². The van der Waals surface area contributed by atoms with E-state index in [1.165, 1.54) is 18.2 Å². The number of allylic oxidation sites excluding steroid dienone is 2. The second-order valence-electron chi connectivity index (χ2n) is 9.11. The van der Waals surface area contributed by atoms with Gasteiger partial charge in [0.2, 0.25) is 0 Å². The molecule has 0 aliphatic carbocycles. The maximum Gasteiger partial charge on any atom is 0.333 e. The first-order valence-corrected chi connectivity index (χ1v) is 14.3. The van der Waals surface area contributed by atoms with Crippen molar-refractivity contribution in [3.8, 4) is 0 Å². The van der Waals surface area contributed by atoms with Gasteiger partial charge in [0.05, 0.1) is 7.11 Å². The van der Waals surface area contributed by atoms with Gasteiger partial charge in [0, 0.05) is 12.2 Å². The largest absolute Gasteiger partial charge is 0.466 e. The molecule has 31 heavy (non-hydrogen) atoms. The van der Waals surface area contributed by atoms with Gasteiger partial charge in [-0.25, -0.2) is 4.79 Å². The van der Waals surface area contributed by atoms with Crippen molar-refractivity contribution in [1.29, 1.82) is 0 Å². The van der Waals surface area contributed by atoms with Gasteiger partial charge in [0.1, 0.15) is 0 Å². The molecular formula is C26H41BrO3Si. The maximum atomic E-state index is 11.7. The van der Waals surface area contributed by atoms with Crippen molar-refractivity contribution in [3.63, 3.8) is 0 Å². The highest BCUT2D eigenvalue weighted by Crippen LogP contribution is 2.42. The molecule has 3 nitrogen and oxygen atoms in total. The number of carbonyl (C=O) groups is 1. The lowest BCUT2D eigenvalue weighted by molar-refractivity contribution is -0.136. The zero-order valence-electron chi connectivity index (χ0n) is 20.5. The number of rotatable bonds is 13. The highest BCUT2D eigenvalue weighted by atomic mass is 79.9. The van der Waals surface area contributed by atoms with Crippen molar-refractivity contribution in [2.24, 2.45) is 0 Å². The standard InChI is InChI=1S/C26H41BrO3Si/c1-19(2)31(20(3)4,21(5)6)30-18-12-15-24(23-13-10-9-11-14-23)25(27)17-16-22(7)26(28)29-8/h9-11,13-14,19-21H,7,12,15-18H2,1-6,8H3/b25-24+. The van der Waals surface area contributed by atoms with E-state index in [1.54, 1.807) is 0 Å². The zero-order chi connectivity index (χ0) is 23.6. The zero-order valence-corrected chi connectivity index (χ0v) is 23.1. The molecule has 5 heteroatoms. The first-order chi connectivity index (χ1) is 14.6. The summed E-state index contributed by atoms with van der Waals surface area (Å²) in [5.74, 6) is -0.340. The molecule has 1 aromatic carbocycles. The molecule has 0 N–H and O–H groups in total. The van der Waals surface area contributed by atoms with E-state index in [0.29, 0.717) is 28.6 Å². The fraction of sp³-hybridized carbons (Fsp3) is 0.577. The molecule has 1 aromatic rings. The molecule has 0 amide bonds. The third-order valence-electron chi connectivity index (χ3n) is 6.20. The Balaban J connectivity index is 2.93. The van der Waals surface area contributed by atoms with Crippen LogP contribution in [0.4, 0.5) is 0 Å². The number of benzene rings is 1. The number of esters is 1. The molecule has 0 aliphatic heterocycles. The molecule has 0 aromatic heterocycles. The molecule has 0 fully saturated rings. The summed E-state index contributed by atoms with van der Waals surface area (Å²) in [4.78, 5) is 11.7. The number of ether oxygens (including phenoxy) is 1. The van der Waals surface area contributed by atoms with Crippen LogP contribution < -0.4 is 0 Å². The molecular weight excluding hydrogens is 468 g/mol. The van der Waals surface area contributed by atoms with E-state index < -0.39 is 8.32 Å². The van der Waals surface area contributed by atoms with E-state index in [9.17, 15) is 4.79 Å². The number of methoxy groups -OCH3 is 1. The van der Waals surface area contributed by atoms with Crippen LogP contribution in [0, 0.1) is 0 Å². The van der Waals surface area contributed by atoms with Crippen molar-refractivity contribution in [3.05, 3.63) is 52.5 Å². The van der Waals surface area contributed by atoms with E-state index in [4.69, 9.17) is 9.16 Å². The van der Waals surface area contributed by atoms with Gasteiger partial charge in [-0.05, 0) is 57.9 Å². The minimum Gasteiger partial charge on any atom is -0.466 e. The van der Waals surface area contributed by atoms with Crippen molar-refractivity contribution in [1.82, 2.24) is 0 Å². The Morgan fingerprint density at radius 1 is 0.968 bits per heavy atom. The summed E-state index contributed by atoms with van der Waals surface area (Å²) in [5, 5.41) is 0. The topological polar surface area (TPSA) is 35.5 Å². The van der Waals surface area contributed by atoms with Crippen LogP contribution in [0.15, 0.2) is 47.0 Å². The van der Waals surface area contributed by atoms with Crippen molar-refractivity contribution < 1.29 is 14.0 Å². The average molecular weight is 510 g/mol. The molecule has 0 spiro atoms. The summed E-state index contributed by atoms with van der Waals surface area (Å²) in [6, 6.07) is 10.4. The smallest absolute Gasteiger partial charge is 0.333 e. The quantitative estimate of drug-likeness (QED) is 0.116. The lowest BCUT2D eigenvalue weighted by Crippen LogP contribution is -2.47. The summed E-state index contributed by atoms with van der Waals surface area (Å²) < 4.78 is 12.6. The van der Waals surface area contributed by atoms with Gasteiger partial charge in [0.25, 0.3) is 0 Å². The summed E-state index contributed by atoms with van der Waals surface area (Å²) in [6.07, 6.45) is 3.19. The summed E-state index contributed by atoms with van der Waals surface area (Å²) in [7, 11) is -0.452. The highest BCUT2D eigenvalue weighted by molar-refractivity contribution is 9.11. The maximum absolute atomic E-state index is 11.7. The molecule has 0 heterocycles. The lowest BCUT2D eigenvalue weighted by Gasteiger charge is -2.42. The van der Waals surface area contributed by atoms with Gasteiger partial charge in [-0.2, -0.15) is 0 Å². The minimum atomic E-state index is -1.84. The summed E-state index contributed by atoms with van der Waals surface area (Å²) in [6.45, 7) is 18.6. The molecule has 1 rings (SSSR count). The van der Waals surface area contributed by atoms with Gasteiger partial charge in [-0.15, -0.1) is 0 Å². The number of hydrogen-bond donors (Lipinski definition) is 0. The minimum absolute atomic E-state index is 0.340. The van der Waals surface area contributed by atoms with Crippen LogP contribution in [0.3, 0.4) is 0 Å². The van der Waals surface area contributed by atoms with E-state index >= 15 is 0 Å². The van der Waals surface area contributed by atoms with Crippen LogP contribution in [-0.2, 0) is 14.0 Å². The van der Waals surface area contributed by atoms with E-state index in [1.807, 2.05) is 6.07 Å². The second kappa shape index (κ2) is 13.4. The predicted molar refractivity (Wildman–Crippen MR) is 139 cm³/mol. The van der Waals surface area contributed by atoms with Crippen LogP contribution in [0.25, 0.3) is 5.57 Å². The van der Waals surface area contributed by atoms with E-state index in [2.05, 4.69) is 88.3 Å². The molecule has 0 radical (unpaired) electrons. The molecule has 0 bridgehead atoms. The van der Waals surface area contributed by atoms with Crippen molar-refractivity contribution in [2.45, 2.75) is 83.8 Å². The van der Waals surface area contributed by atoms with Crippen LogP contribution in [0.1, 0.15) is 72.8 Å². The third kappa shape index (κ3) is 7.72. The number of carbonyl (C=O) groups excluding carboxylic acids is 1. The van der Waals surface area contributed by atoms with Crippen molar-refractivity contribution >= 4 is 35.8 Å². The second-order valence-corrected chi connectivity index (χ2v) is 15.5. The average Bonchev–Trinajstić information content (AvgIpc) is 2.73. The van der Waals surface area contributed by atoms with E-state index in [-0.39, 0.29) is 5.97 Å². The molecule has 0 unspecified atom stereocenters. The summed E-state index contributed by atoms with van der Waals surface area (Å²) >= 11 is 3.80. The SMILES string of the molecule is C=C(CC/C(Br)=C(/CCCO[Si](C(C)C)(C(C)C)C(C)C)c1ccccc1)C(=O)OC. The van der Waals surface area contributed by atoms with Gasteiger partial charge in [-0.3, -0.25) is 0 Å². The van der Waals surface area contributed by atoms with Crippen LogP contribution in [-0.4, -0.2) is 28.0 Å². The Morgan fingerprint density at radius 3 is 2.00 bits per heavy atom. The normalized spacial score (nSPS) is 13.0. The Morgan fingerprint density at radius 2 is 1.52 bits per heavy atom. The summed E-state index contributed by atoms with van der Waals surface area (Å²) in [5.41, 5.74) is 4.75. The molecule has 0 saturated heterocycles. The van der Waals surface area contributed by atoms with Crippen molar-refractivity contribution in [2.75, 3.05) is 13.7 Å². The van der Waals surface area contributed by atoms with E-state index in [0.717, 1.165) is 30.4 Å². The Labute approximate surface area is 199 Å². The molecule has 0 atom stereocenters.